The molecule has 0 saturated carbocycles. The van der Waals surface area contributed by atoms with Crippen molar-refractivity contribution in [3.05, 3.63) is 72.3 Å². The molecular weight excluding hydrogens is 420 g/mol. The van der Waals surface area contributed by atoms with Crippen molar-refractivity contribution in [1.29, 1.82) is 0 Å². The SMILES string of the molecule is C=CCOC(=O)NSC[C@H](NC(=O)OCC1c2ccccc2-c2ccccc21)C(=O)O. The van der Waals surface area contributed by atoms with Crippen LogP contribution in [-0.2, 0) is 14.3 Å². The number of fused-ring (bicyclic) bond motifs is 3. The first-order chi connectivity index (χ1) is 15.0. The summed E-state index contributed by atoms with van der Waals surface area (Å²) >= 11 is 0.805. The average Bonchev–Trinajstić information content (AvgIpc) is 3.09. The van der Waals surface area contributed by atoms with Gasteiger partial charge in [-0.15, -0.1) is 0 Å². The van der Waals surface area contributed by atoms with Crippen molar-refractivity contribution >= 4 is 30.1 Å². The Labute approximate surface area is 183 Å². The van der Waals surface area contributed by atoms with Gasteiger partial charge in [-0.25, -0.2) is 14.4 Å². The third-order valence-corrected chi connectivity index (χ3v) is 5.48. The fourth-order valence-corrected chi connectivity index (χ4v) is 3.96. The molecule has 31 heavy (non-hydrogen) atoms. The van der Waals surface area contributed by atoms with Crippen molar-refractivity contribution in [1.82, 2.24) is 10.0 Å². The van der Waals surface area contributed by atoms with Crippen molar-refractivity contribution in [2.45, 2.75) is 12.0 Å². The minimum atomic E-state index is -1.25. The third kappa shape index (κ3) is 5.58. The number of alkyl carbamates (subject to hydrolysis) is 1. The fraction of sp³-hybridized carbons (Fsp3) is 0.227. The Morgan fingerprint density at radius 2 is 1.65 bits per heavy atom. The maximum atomic E-state index is 12.2. The van der Waals surface area contributed by atoms with Crippen molar-refractivity contribution in [3.63, 3.8) is 0 Å². The molecule has 0 bridgehead atoms. The van der Waals surface area contributed by atoms with Gasteiger partial charge >= 0.3 is 18.2 Å². The second kappa shape index (κ2) is 10.5. The summed E-state index contributed by atoms with van der Waals surface area (Å²) in [4.78, 5) is 35.0. The molecule has 0 fully saturated rings. The monoisotopic (exact) mass is 442 g/mol. The molecule has 0 heterocycles. The van der Waals surface area contributed by atoms with E-state index in [4.69, 9.17) is 9.47 Å². The van der Waals surface area contributed by atoms with Crippen LogP contribution < -0.4 is 10.0 Å². The molecule has 1 aliphatic rings. The average molecular weight is 442 g/mol. The number of hydrogen-bond donors (Lipinski definition) is 3. The molecule has 0 aromatic heterocycles. The van der Waals surface area contributed by atoms with Gasteiger partial charge in [0.1, 0.15) is 19.3 Å². The number of benzene rings is 2. The highest BCUT2D eigenvalue weighted by atomic mass is 32.2. The van der Waals surface area contributed by atoms with Gasteiger partial charge in [0, 0.05) is 11.7 Å². The third-order valence-electron chi connectivity index (χ3n) is 4.67. The molecule has 2 amide bonds. The van der Waals surface area contributed by atoms with E-state index in [0.29, 0.717) is 0 Å². The van der Waals surface area contributed by atoms with Crippen LogP contribution in [0.4, 0.5) is 9.59 Å². The predicted octanol–water partition coefficient (Wildman–Crippen LogP) is 3.54. The molecule has 8 nitrogen and oxygen atoms in total. The Balaban J connectivity index is 1.54. The van der Waals surface area contributed by atoms with Crippen LogP contribution in [0.5, 0.6) is 0 Å². The van der Waals surface area contributed by atoms with Crippen molar-refractivity contribution in [3.8, 4) is 11.1 Å². The molecular formula is C22H22N2O6S. The summed E-state index contributed by atoms with van der Waals surface area (Å²) in [6, 6.07) is 14.6. The number of aliphatic carboxylic acids is 1. The maximum Gasteiger partial charge on any atom is 0.417 e. The van der Waals surface area contributed by atoms with Crippen LogP contribution in [0.15, 0.2) is 61.2 Å². The minimum Gasteiger partial charge on any atom is -0.480 e. The lowest BCUT2D eigenvalue weighted by Gasteiger charge is -2.17. The summed E-state index contributed by atoms with van der Waals surface area (Å²) in [5.74, 6) is -1.48. The molecule has 3 rings (SSSR count). The van der Waals surface area contributed by atoms with E-state index in [2.05, 4.69) is 16.6 Å². The molecule has 3 N–H and O–H groups in total. The van der Waals surface area contributed by atoms with Crippen molar-refractivity contribution < 1.29 is 29.0 Å². The van der Waals surface area contributed by atoms with E-state index in [0.717, 1.165) is 34.2 Å². The zero-order valence-electron chi connectivity index (χ0n) is 16.6. The first-order valence-corrected chi connectivity index (χ1v) is 10.5. The van der Waals surface area contributed by atoms with Gasteiger partial charge in [-0.1, -0.05) is 61.2 Å². The number of ether oxygens (including phenoxy) is 2. The quantitative estimate of drug-likeness (QED) is 0.402. The lowest BCUT2D eigenvalue weighted by atomic mass is 9.98. The molecule has 162 valence electrons. The van der Waals surface area contributed by atoms with E-state index in [1.54, 1.807) is 0 Å². The molecule has 0 aliphatic heterocycles. The number of nitrogens with one attached hydrogen (secondary N) is 2. The lowest BCUT2D eigenvalue weighted by molar-refractivity contribution is -0.138. The van der Waals surface area contributed by atoms with Gasteiger partial charge in [-0.2, -0.15) is 0 Å². The van der Waals surface area contributed by atoms with E-state index < -0.39 is 24.2 Å². The number of carbonyl (C=O) groups excluding carboxylic acids is 2. The first kappa shape index (κ1) is 22.2. The summed E-state index contributed by atoms with van der Waals surface area (Å²) in [6.45, 7) is 3.53. The highest BCUT2D eigenvalue weighted by Crippen LogP contribution is 2.44. The molecule has 2 aromatic carbocycles. The Hall–Kier alpha value is -3.46. The summed E-state index contributed by atoms with van der Waals surface area (Å²) in [7, 11) is 0. The van der Waals surface area contributed by atoms with E-state index in [1.807, 2.05) is 48.5 Å². The van der Waals surface area contributed by atoms with Crippen molar-refractivity contribution in [2.24, 2.45) is 0 Å². The molecule has 0 unspecified atom stereocenters. The second-order valence-electron chi connectivity index (χ2n) is 6.66. The Morgan fingerprint density at radius 1 is 1.03 bits per heavy atom. The number of amides is 2. The smallest absolute Gasteiger partial charge is 0.417 e. The predicted molar refractivity (Wildman–Crippen MR) is 117 cm³/mol. The number of carbonyl (C=O) groups is 3. The van der Waals surface area contributed by atoms with Crippen LogP contribution in [-0.4, -0.2) is 48.3 Å². The lowest BCUT2D eigenvalue weighted by Crippen LogP contribution is -2.43. The van der Waals surface area contributed by atoms with E-state index in [1.165, 1.54) is 6.08 Å². The van der Waals surface area contributed by atoms with Gasteiger partial charge in [-0.05, 0) is 34.2 Å². The Kier molecular flexibility index (Phi) is 7.55. The zero-order valence-corrected chi connectivity index (χ0v) is 17.4. The van der Waals surface area contributed by atoms with E-state index in [-0.39, 0.29) is 24.9 Å². The number of carboxylic acid groups (broad SMARTS) is 1. The summed E-state index contributed by atoms with van der Waals surface area (Å²) in [5.41, 5.74) is 4.32. The Bertz CT molecular complexity index is 934. The van der Waals surface area contributed by atoms with Crippen molar-refractivity contribution in [2.75, 3.05) is 19.0 Å². The van der Waals surface area contributed by atoms with Gasteiger partial charge in [0.05, 0.1) is 0 Å². The van der Waals surface area contributed by atoms with Crippen LogP contribution >= 0.6 is 11.9 Å². The first-order valence-electron chi connectivity index (χ1n) is 9.51. The minimum absolute atomic E-state index is 0.0345. The summed E-state index contributed by atoms with van der Waals surface area (Å²) < 4.78 is 12.4. The highest BCUT2D eigenvalue weighted by molar-refractivity contribution is 7.98. The summed E-state index contributed by atoms with van der Waals surface area (Å²) in [6.07, 6.45) is -0.164. The second-order valence-corrected chi connectivity index (χ2v) is 7.49. The molecule has 0 radical (unpaired) electrons. The fourth-order valence-electron chi connectivity index (χ4n) is 3.31. The maximum absolute atomic E-state index is 12.2. The van der Waals surface area contributed by atoms with E-state index in [9.17, 15) is 19.5 Å². The molecule has 1 atom stereocenters. The number of hydrogen-bond acceptors (Lipinski definition) is 6. The molecule has 0 spiro atoms. The van der Waals surface area contributed by atoms with Crippen LogP contribution in [0, 0.1) is 0 Å². The van der Waals surface area contributed by atoms with Crippen LogP contribution in [0.25, 0.3) is 11.1 Å². The van der Waals surface area contributed by atoms with Gasteiger partial charge in [0.2, 0.25) is 0 Å². The number of rotatable bonds is 9. The standard InChI is InChI=1S/C22H22N2O6S/c1-2-11-29-22(28)24-31-13-19(20(25)26)23-21(27)30-12-18-16-9-5-3-7-14(16)15-8-4-6-10-17(15)18/h2-10,18-19H,1,11-13H2,(H,23,27)(H,24,28)(H,25,26)/t19-/m0/s1. The highest BCUT2D eigenvalue weighted by Gasteiger charge is 2.29. The van der Waals surface area contributed by atoms with E-state index >= 15 is 0 Å². The van der Waals surface area contributed by atoms with Gasteiger partial charge in [-0.3, -0.25) is 4.72 Å². The van der Waals surface area contributed by atoms with Crippen LogP contribution in [0.3, 0.4) is 0 Å². The molecule has 9 heteroatoms. The number of carboxylic acids is 1. The Morgan fingerprint density at radius 3 is 2.23 bits per heavy atom. The topological polar surface area (TPSA) is 114 Å². The molecule has 1 aliphatic carbocycles. The van der Waals surface area contributed by atoms with Crippen LogP contribution in [0.1, 0.15) is 17.0 Å². The van der Waals surface area contributed by atoms with Gasteiger partial charge < -0.3 is 19.9 Å². The molecule has 2 aromatic rings. The largest absolute Gasteiger partial charge is 0.480 e. The zero-order chi connectivity index (χ0) is 22.2. The van der Waals surface area contributed by atoms with Crippen LogP contribution in [0.2, 0.25) is 0 Å². The normalized spacial score (nSPS) is 12.8. The summed E-state index contributed by atoms with van der Waals surface area (Å²) in [5, 5.41) is 11.6. The van der Waals surface area contributed by atoms with Gasteiger partial charge in [0.15, 0.2) is 0 Å². The molecule has 0 saturated heterocycles. The van der Waals surface area contributed by atoms with Gasteiger partial charge in [0.25, 0.3) is 0 Å².